The Morgan fingerprint density at radius 3 is 1.83 bits per heavy atom. The van der Waals surface area contributed by atoms with Crippen LogP contribution in [-0.4, -0.2) is 41.9 Å². The van der Waals surface area contributed by atoms with Gasteiger partial charge in [-0.25, -0.2) is 0 Å². The Bertz CT molecular complexity index is 515. The summed E-state index contributed by atoms with van der Waals surface area (Å²) in [4.78, 5) is 26.4. The van der Waals surface area contributed by atoms with Crippen LogP contribution in [0, 0.1) is 0 Å². The second kappa shape index (κ2) is 10.3. The van der Waals surface area contributed by atoms with Gasteiger partial charge < -0.3 is 16.0 Å². The largest absolute Gasteiger partial charge is 0.345 e. The number of carbonyl (C=O) groups excluding carboxylic acids is 2. The zero-order valence-corrected chi connectivity index (χ0v) is 15.9. The number of nitrogens with two attached hydrogens (primary N) is 1. The van der Waals surface area contributed by atoms with E-state index in [1.165, 1.54) is 0 Å². The molecule has 136 valence electrons. The zero-order valence-electron chi connectivity index (χ0n) is 15.1. The van der Waals surface area contributed by atoms with Crippen LogP contribution in [0.3, 0.4) is 0 Å². The first kappa shape index (κ1) is 22.4. The van der Waals surface area contributed by atoms with E-state index in [0.29, 0.717) is 30.8 Å². The van der Waals surface area contributed by atoms with E-state index in [1.807, 2.05) is 27.7 Å². The molecule has 24 heavy (non-hydrogen) atoms. The highest BCUT2D eigenvalue weighted by atomic mass is 35.5. The van der Waals surface area contributed by atoms with E-state index in [2.05, 4.69) is 5.32 Å². The Morgan fingerprint density at radius 1 is 1.00 bits per heavy atom. The van der Waals surface area contributed by atoms with E-state index < -0.39 is 0 Å². The Morgan fingerprint density at radius 2 is 1.46 bits per heavy atom. The van der Waals surface area contributed by atoms with Gasteiger partial charge in [-0.05, 0) is 51.0 Å². The molecule has 0 unspecified atom stereocenters. The molecule has 0 bridgehead atoms. The quantitative estimate of drug-likeness (QED) is 0.752. The molecular formula is C18H30ClN3O2. The number of hydrogen-bond acceptors (Lipinski definition) is 3. The van der Waals surface area contributed by atoms with Crippen molar-refractivity contribution in [3.05, 3.63) is 35.4 Å². The summed E-state index contributed by atoms with van der Waals surface area (Å²) in [6, 6.07) is 6.80. The molecule has 5 nitrogen and oxygen atoms in total. The molecule has 0 atom stereocenters. The van der Waals surface area contributed by atoms with Crippen LogP contribution in [0.5, 0.6) is 0 Å². The van der Waals surface area contributed by atoms with Gasteiger partial charge in [-0.15, -0.1) is 12.4 Å². The van der Waals surface area contributed by atoms with E-state index in [1.54, 1.807) is 29.2 Å². The molecule has 0 aliphatic heterocycles. The van der Waals surface area contributed by atoms with Crippen molar-refractivity contribution in [3.8, 4) is 0 Å². The van der Waals surface area contributed by atoms with Crippen LogP contribution in [0.2, 0.25) is 0 Å². The third-order valence-corrected chi connectivity index (χ3v) is 4.57. The second-order valence-electron chi connectivity index (χ2n) is 5.70. The van der Waals surface area contributed by atoms with Crippen LogP contribution < -0.4 is 11.1 Å². The lowest BCUT2D eigenvalue weighted by Gasteiger charge is -2.31. The summed E-state index contributed by atoms with van der Waals surface area (Å²) >= 11 is 0. The van der Waals surface area contributed by atoms with Gasteiger partial charge in [0.15, 0.2) is 0 Å². The predicted molar refractivity (Wildman–Crippen MR) is 101 cm³/mol. The summed E-state index contributed by atoms with van der Waals surface area (Å²) in [6.45, 7) is 9.68. The summed E-state index contributed by atoms with van der Waals surface area (Å²) < 4.78 is 0. The number of nitrogens with one attached hydrogen (secondary N) is 1. The van der Waals surface area contributed by atoms with Gasteiger partial charge in [0.2, 0.25) is 0 Å². The van der Waals surface area contributed by atoms with E-state index in [-0.39, 0.29) is 29.8 Å². The molecule has 0 heterocycles. The molecule has 0 fully saturated rings. The lowest BCUT2D eigenvalue weighted by molar-refractivity contribution is 0.0772. The maximum absolute atomic E-state index is 12.4. The Balaban J connectivity index is 0.00000529. The van der Waals surface area contributed by atoms with Crippen molar-refractivity contribution < 1.29 is 9.59 Å². The highest BCUT2D eigenvalue weighted by Crippen LogP contribution is 2.15. The average molecular weight is 356 g/mol. The smallest absolute Gasteiger partial charge is 0.253 e. The first-order chi connectivity index (χ1) is 11.0. The second-order valence-corrected chi connectivity index (χ2v) is 5.70. The van der Waals surface area contributed by atoms with Gasteiger partial charge in [-0.3, -0.25) is 9.59 Å². The standard InChI is InChI=1S/C18H29N3O2.ClH/c1-5-18(6-2,13-19)20-16(22)14-9-11-15(12-10-14)17(23)21(7-3)8-4;/h9-12H,5-8,13,19H2,1-4H3,(H,20,22);1H. The van der Waals surface area contributed by atoms with E-state index in [4.69, 9.17) is 5.73 Å². The lowest BCUT2D eigenvalue weighted by atomic mass is 9.92. The van der Waals surface area contributed by atoms with Gasteiger partial charge in [0.1, 0.15) is 0 Å². The van der Waals surface area contributed by atoms with Crippen molar-refractivity contribution in [3.63, 3.8) is 0 Å². The maximum Gasteiger partial charge on any atom is 0.253 e. The van der Waals surface area contributed by atoms with Crippen LogP contribution >= 0.6 is 12.4 Å². The van der Waals surface area contributed by atoms with Gasteiger partial charge in [-0.1, -0.05) is 13.8 Å². The first-order valence-electron chi connectivity index (χ1n) is 8.38. The van der Waals surface area contributed by atoms with Crippen LogP contribution in [-0.2, 0) is 0 Å². The topological polar surface area (TPSA) is 75.4 Å². The molecule has 0 saturated carbocycles. The fraction of sp³-hybridized carbons (Fsp3) is 0.556. The number of rotatable bonds is 8. The first-order valence-corrected chi connectivity index (χ1v) is 8.38. The molecule has 2 amide bonds. The van der Waals surface area contributed by atoms with Crippen molar-refractivity contribution in [1.29, 1.82) is 0 Å². The van der Waals surface area contributed by atoms with E-state index >= 15 is 0 Å². The highest BCUT2D eigenvalue weighted by molar-refractivity contribution is 5.98. The third kappa shape index (κ3) is 5.21. The third-order valence-electron chi connectivity index (χ3n) is 4.57. The van der Waals surface area contributed by atoms with Crippen molar-refractivity contribution in [2.45, 2.75) is 46.1 Å². The van der Waals surface area contributed by atoms with Crippen molar-refractivity contribution in [2.75, 3.05) is 19.6 Å². The molecule has 3 N–H and O–H groups in total. The summed E-state index contributed by atoms with van der Waals surface area (Å²) in [6.07, 6.45) is 1.56. The van der Waals surface area contributed by atoms with Crippen molar-refractivity contribution >= 4 is 24.2 Å². The van der Waals surface area contributed by atoms with Crippen LogP contribution in [0.15, 0.2) is 24.3 Å². The fourth-order valence-electron chi connectivity index (χ4n) is 2.54. The van der Waals surface area contributed by atoms with Gasteiger partial charge in [0.05, 0.1) is 5.54 Å². The molecule has 6 heteroatoms. The minimum atomic E-state index is -0.368. The molecule has 0 saturated heterocycles. The molecule has 0 radical (unpaired) electrons. The number of hydrogen-bond donors (Lipinski definition) is 2. The van der Waals surface area contributed by atoms with E-state index in [9.17, 15) is 9.59 Å². The normalized spacial score (nSPS) is 10.7. The van der Waals surface area contributed by atoms with Gasteiger partial charge in [0, 0.05) is 30.8 Å². The molecule has 0 aliphatic rings. The number of benzene rings is 1. The van der Waals surface area contributed by atoms with Crippen LogP contribution in [0.25, 0.3) is 0 Å². The van der Waals surface area contributed by atoms with Gasteiger partial charge in [-0.2, -0.15) is 0 Å². The zero-order chi connectivity index (χ0) is 17.5. The minimum absolute atomic E-state index is 0. The molecule has 0 spiro atoms. The van der Waals surface area contributed by atoms with Crippen molar-refractivity contribution in [2.24, 2.45) is 5.73 Å². The number of carbonyl (C=O) groups is 2. The number of halogens is 1. The average Bonchev–Trinajstić information content (AvgIpc) is 2.60. The summed E-state index contributed by atoms with van der Waals surface area (Å²) in [5.41, 5.74) is 6.59. The SMILES string of the molecule is CCN(CC)C(=O)c1ccc(C(=O)NC(CC)(CC)CN)cc1.Cl. The fourth-order valence-corrected chi connectivity index (χ4v) is 2.54. The molecule has 1 rings (SSSR count). The number of amides is 2. The van der Waals surface area contributed by atoms with E-state index in [0.717, 1.165) is 12.8 Å². The highest BCUT2D eigenvalue weighted by Gasteiger charge is 2.26. The number of nitrogens with zero attached hydrogens (tertiary/aromatic N) is 1. The Labute approximate surface area is 151 Å². The Hall–Kier alpha value is -1.59. The minimum Gasteiger partial charge on any atom is -0.345 e. The monoisotopic (exact) mass is 355 g/mol. The predicted octanol–water partition coefficient (Wildman–Crippen LogP) is 2.84. The molecule has 1 aromatic rings. The Kier molecular flexibility index (Phi) is 9.63. The lowest BCUT2D eigenvalue weighted by Crippen LogP contribution is -2.52. The van der Waals surface area contributed by atoms with Crippen LogP contribution in [0.4, 0.5) is 0 Å². The van der Waals surface area contributed by atoms with Gasteiger partial charge >= 0.3 is 0 Å². The summed E-state index contributed by atoms with van der Waals surface area (Å²) in [5, 5.41) is 3.03. The van der Waals surface area contributed by atoms with Crippen LogP contribution in [0.1, 0.15) is 61.3 Å². The molecule has 0 aromatic heterocycles. The summed E-state index contributed by atoms with van der Waals surface area (Å²) in [5.74, 6) is -0.165. The van der Waals surface area contributed by atoms with Crippen molar-refractivity contribution in [1.82, 2.24) is 10.2 Å². The summed E-state index contributed by atoms with van der Waals surface area (Å²) in [7, 11) is 0. The molecule has 1 aromatic carbocycles. The molecular weight excluding hydrogens is 326 g/mol. The molecule has 0 aliphatic carbocycles. The van der Waals surface area contributed by atoms with Gasteiger partial charge in [0.25, 0.3) is 11.8 Å². The maximum atomic E-state index is 12.4.